The summed E-state index contributed by atoms with van der Waals surface area (Å²) in [5.41, 5.74) is 5.73. The van der Waals surface area contributed by atoms with Gasteiger partial charge in [-0.1, -0.05) is 71.8 Å². The number of carbonyl (C=O) groups is 1. The molecular formula is C26H25NO3. The molecule has 0 fully saturated rings. The number of rotatable bonds is 5. The number of amides is 1. The van der Waals surface area contributed by atoms with Gasteiger partial charge in [0.05, 0.1) is 13.2 Å². The molecule has 0 bridgehead atoms. The van der Waals surface area contributed by atoms with Gasteiger partial charge in [-0.2, -0.15) is 0 Å². The van der Waals surface area contributed by atoms with E-state index in [2.05, 4.69) is 0 Å². The predicted octanol–water partition coefficient (Wildman–Crippen LogP) is 5.36. The third kappa shape index (κ3) is 3.69. The number of nitrogens with zero attached hydrogens (tertiary/aromatic N) is 1. The largest absolute Gasteiger partial charge is 0.503 e. The summed E-state index contributed by atoms with van der Waals surface area (Å²) in [6, 6.07) is 23.3. The maximum atomic E-state index is 13.1. The van der Waals surface area contributed by atoms with Crippen LogP contribution in [0.15, 0.2) is 78.6 Å². The van der Waals surface area contributed by atoms with Gasteiger partial charge in [-0.25, -0.2) is 0 Å². The lowest BCUT2D eigenvalue weighted by molar-refractivity contribution is -0.130. The zero-order valence-electron chi connectivity index (χ0n) is 17.4. The van der Waals surface area contributed by atoms with E-state index in [1.54, 1.807) is 12.0 Å². The molecule has 1 heterocycles. The fourth-order valence-corrected chi connectivity index (χ4v) is 3.87. The zero-order chi connectivity index (χ0) is 21.3. The van der Waals surface area contributed by atoms with E-state index in [0.717, 1.165) is 28.0 Å². The van der Waals surface area contributed by atoms with Crippen molar-refractivity contribution in [1.82, 2.24) is 4.90 Å². The topological polar surface area (TPSA) is 49.8 Å². The quantitative estimate of drug-likeness (QED) is 0.628. The second kappa shape index (κ2) is 8.07. The maximum absolute atomic E-state index is 13.1. The minimum atomic E-state index is -0.368. The first-order chi connectivity index (χ1) is 14.5. The molecule has 0 saturated heterocycles. The van der Waals surface area contributed by atoms with Gasteiger partial charge in [0.1, 0.15) is 5.75 Å². The fraction of sp³-hybridized carbons (Fsp3) is 0.192. The first kappa shape index (κ1) is 19.8. The fourth-order valence-electron chi connectivity index (χ4n) is 3.87. The first-order valence-corrected chi connectivity index (χ1v) is 9.98. The van der Waals surface area contributed by atoms with Gasteiger partial charge in [-0.15, -0.1) is 0 Å². The van der Waals surface area contributed by atoms with Crippen molar-refractivity contribution >= 4 is 11.5 Å². The van der Waals surface area contributed by atoms with Gasteiger partial charge in [-0.05, 0) is 42.7 Å². The molecule has 152 valence electrons. The normalized spacial score (nSPS) is 16.3. The highest BCUT2D eigenvalue weighted by Gasteiger charge is 2.40. The Morgan fingerprint density at radius 1 is 0.867 bits per heavy atom. The summed E-state index contributed by atoms with van der Waals surface area (Å²) in [5, 5.41) is 10.9. The van der Waals surface area contributed by atoms with E-state index in [1.165, 1.54) is 5.56 Å². The smallest absolute Gasteiger partial charge is 0.290 e. The Morgan fingerprint density at radius 2 is 1.43 bits per heavy atom. The Labute approximate surface area is 177 Å². The molecule has 4 rings (SSSR count). The van der Waals surface area contributed by atoms with Crippen LogP contribution < -0.4 is 4.74 Å². The molecule has 30 heavy (non-hydrogen) atoms. The number of hydrogen-bond donors (Lipinski definition) is 1. The first-order valence-electron chi connectivity index (χ1n) is 9.98. The van der Waals surface area contributed by atoms with E-state index in [0.29, 0.717) is 12.1 Å². The Kier molecular flexibility index (Phi) is 5.32. The number of ether oxygens (including phenoxy) is 1. The van der Waals surface area contributed by atoms with Crippen molar-refractivity contribution in [2.24, 2.45) is 0 Å². The van der Waals surface area contributed by atoms with Crippen LogP contribution in [0.3, 0.4) is 0 Å². The second-order valence-electron chi connectivity index (χ2n) is 7.72. The molecule has 1 aliphatic rings. The minimum absolute atomic E-state index is 0.196. The van der Waals surface area contributed by atoms with Crippen LogP contribution in [0.4, 0.5) is 0 Å². The van der Waals surface area contributed by atoms with Crippen LogP contribution in [0.1, 0.15) is 33.9 Å². The molecular weight excluding hydrogens is 374 g/mol. The summed E-state index contributed by atoms with van der Waals surface area (Å²) in [6.45, 7) is 4.49. The SMILES string of the molecule is COc1ccc(C2=C(O)C(=O)N(Cc3ccc(C)cc3)[C@@H]2c2ccc(C)cc2)cc1. The van der Waals surface area contributed by atoms with Crippen molar-refractivity contribution in [3.8, 4) is 5.75 Å². The van der Waals surface area contributed by atoms with Crippen molar-refractivity contribution < 1.29 is 14.6 Å². The summed E-state index contributed by atoms with van der Waals surface area (Å²) >= 11 is 0. The summed E-state index contributed by atoms with van der Waals surface area (Å²) in [7, 11) is 1.61. The van der Waals surface area contributed by atoms with Crippen LogP contribution in [-0.2, 0) is 11.3 Å². The number of methoxy groups -OCH3 is 1. The highest BCUT2D eigenvalue weighted by Crippen LogP contribution is 2.44. The van der Waals surface area contributed by atoms with Crippen LogP contribution in [-0.4, -0.2) is 23.0 Å². The van der Waals surface area contributed by atoms with Crippen LogP contribution in [0.5, 0.6) is 5.75 Å². The molecule has 0 spiro atoms. The second-order valence-corrected chi connectivity index (χ2v) is 7.72. The summed E-state index contributed by atoms with van der Waals surface area (Å²) in [5.74, 6) is 0.177. The van der Waals surface area contributed by atoms with E-state index in [9.17, 15) is 9.90 Å². The molecule has 1 atom stereocenters. The Balaban J connectivity index is 1.79. The third-order valence-electron chi connectivity index (χ3n) is 5.57. The molecule has 0 unspecified atom stereocenters. The number of carbonyl (C=O) groups excluding carboxylic acids is 1. The highest BCUT2D eigenvalue weighted by molar-refractivity contribution is 6.05. The molecule has 3 aromatic carbocycles. The van der Waals surface area contributed by atoms with Gasteiger partial charge in [0.15, 0.2) is 5.76 Å². The van der Waals surface area contributed by atoms with Crippen molar-refractivity contribution in [2.45, 2.75) is 26.4 Å². The van der Waals surface area contributed by atoms with E-state index < -0.39 is 0 Å². The lowest BCUT2D eigenvalue weighted by Gasteiger charge is -2.27. The Hall–Kier alpha value is -3.53. The van der Waals surface area contributed by atoms with Crippen LogP contribution in [0, 0.1) is 13.8 Å². The van der Waals surface area contributed by atoms with Crippen molar-refractivity contribution in [3.05, 3.63) is 106 Å². The number of aliphatic hydroxyl groups is 1. The van der Waals surface area contributed by atoms with Gasteiger partial charge in [0, 0.05) is 12.1 Å². The maximum Gasteiger partial charge on any atom is 0.290 e. The van der Waals surface area contributed by atoms with Crippen molar-refractivity contribution in [1.29, 1.82) is 0 Å². The van der Waals surface area contributed by atoms with E-state index in [-0.39, 0.29) is 17.7 Å². The van der Waals surface area contributed by atoms with E-state index in [4.69, 9.17) is 4.74 Å². The highest BCUT2D eigenvalue weighted by atomic mass is 16.5. The standard InChI is InChI=1S/C26H25NO3/c1-17-4-8-19(9-5-17)16-27-24(21-10-6-18(2)7-11-21)23(25(28)26(27)29)20-12-14-22(30-3)15-13-20/h4-15,24,28H,16H2,1-3H3/t24-/m1/s1. The average Bonchev–Trinajstić information content (AvgIpc) is 3.01. The Bertz CT molecular complexity index is 1080. The number of benzene rings is 3. The molecule has 0 aromatic heterocycles. The molecule has 4 nitrogen and oxygen atoms in total. The van der Waals surface area contributed by atoms with Gasteiger partial charge < -0.3 is 14.7 Å². The van der Waals surface area contributed by atoms with Crippen LogP contribution in [0.2, 0.25) is 0 Å². The van der Waals surface area contributed by atoms with Gasteiger partial charge >= 0.3 is 0 Å². The minimum Gasteiger partial charge on any atom is -0.503 e. The molecule has 0 aliphatic carbocycles. The van der Waals surface area contributed by atoms with E-state index in [1.807, 2.05) is 86.6 Å². The predicted molar refractivity (Wildman–Crippen MR) is 118 cm³/mol. The molecule has 0 radical (unpaired) electrons. The summed E-state index contributed by atoms with van der Waals surface area (Å²) in [4.78, 5) is 14.9. The molecule has 1 aliphatic heterocycles. The zero-order valence-corrected chi connectivity index (χ0v) is 17.4. The van der Waals surface area contributed by atoms with E-state index >= 15 is 0 Å². The summed E-state index contributed by atoms with van der Waals surface area (Å²) < 4.78 is 5.26. The molecule has 1 N–H and O–H groups in total. The number of aryl methyl sites for hydroxylation is 2. The summed E-state index contributed by atoms with van der Waals surface area (Å²) in [6.07, 6.45) is 0. The van der Waals surface area contributed by atoms with Crippen LogP contribution in [0.25, 0.3) is 5.57 Å². The molecule has 3 aromatic rings. The van der Waals surface area contributed by atoms with Gasteiger partial charge in [0.2, 0.25) is 0 Å². The van der Waals surface area contributed by atoms with Crippen LogP contribution >= 0.6 is 0 Å². The lowest BCUT2D eigenvalue weighted by Crippen LogP contribution is -2.29. The average molecular weight is 399 g/mol. The number of aliphatic hydroxyl groups excluding tert-OH is 1. The lowest BCUT2D eigenvalue weighted by atomic mass is 9.93. The molecule has 4 heteroatoms. The monoisotopic (exact) mass is 399 g/mol. The van der Waals surface area contributed by atoms with Crippen molar-refractivity contribution in [2.75, 3.05) is 7.11 Å². The molecule has 1 amide bonds. The Morgan fingerprint density at radius 3 is 2.00 bits per heavy atom. The molecule has 0 saturated carbocycles. The van der Waals surface area contributed by atoms with Crippen molar-refractivity contribution in [3.63, 3.8) is 0 Å². The number of hydrogen-bond acceptors (Lipinski definition) is 3. The third-order valence-corrected chi connectivity index (χ3v) is 5.57. The van der Waals surface area contributed by atoms with Gasteiger partial charge in [0.25, 0.3) is 5.91 Å². The van der Waals surface area contributed by atoms with Gasteiger partial charge in [-0.3, -0.25) is 4.79 Å².